The van der Waals surface area contributed by atoms with Crippen molar-refractivity contribution in [3.8, 4) is 28.7 Å². The van der Waals surface area contributed by atoms with E-state index >= 15 is 0 Å². The first kappa shape index (κ1) is 63.5. The van der Waals surface area contributed by atoms with Gasteiger partial charge in [-0.25, -0.2) is 9.69 Å². The van der Waals surface area contributed by atoms with Crippen LogP contribution in [0, 0.1) is 17.3 Å². The second kappa shape index (κ2) is 27.9. The van der Waals surface area contributed by atoms with Crippen molar-refractivity contribution in [1.29, 1.82) is 0 Å². The lowest BCUT2D eigenvalue weighted by Crippen LogP contribution is -2.50. The van der Waals surface area contributed by atoms with Crippen LogP contribution >= 0.6 is 0 Å². The summed E-state index contributed by atoms with van der Waals surface area (Å²) in [6.45, 7) is 6.54. The zero-order chi connectivity index (χ0) is 63.1. The number of fused-ring (bicyclic) bond motifs is 4. The van der Waals surface area contributed by atoms with Gasteiger partial charge in [0.2, 0.25) is 5.91 Å². The van der Waals surface area contributed by atoms with Gasteiger partial charge in [-0.2, -0.15) is 0 Å². The summed E-state index contributed by atoms with van der Waals surface area (Å²) in [5, 5.41) is 15.0. The molecule has 1 saturated carbocycles. The minimum atomic E-state index is -1.43. The van der Waals surface area contributed by atoms with E-state index in [1.807, 2.05) is 55.3 Å². The van der Waals surface area contributed by atoms with Gasteiger partial charge in [-0.1, -0.05) is 56.7 Å². The monoisotopic (exact) mass is 1220 g/mol. The van der Waals surface area contributed by atoms with Crippen molar-refractivity contribution in [2.75, 3.05) is 52.5 Å². The predicted octanol–water partition coefficient (Wildman–Crippen LogP) is 9.35. The topological polar surface area (TPSA) is 237 Å². The Balaban J connectivity index is 0.712. The quantitative estimate of drug-likeness (QED) is 0.0398. The fourth-order valence-electron chi connectivity index (χ4n) is 12.7. The van der Waals surface area contributed by atoms with Gasteiger partial charge in [0, 0.05) is 74.3 Å². The van der Waals surface area contributed by atoms with Gasteiger partial charge in [-0.3, -0.25) is 38.5 Å². The minimum absolute atomic E-state index is 0.00728. The molecule has 5 atom stereocenters. The first-order valence-corrected chi connectivity index (χ1v) is 31.2. The molecule has 1 aliphatic carbocycles. The molecule has 10 rings (SSSR count). The van der Waals surface area contributed by atoms with Crippen molar-refractivity contribution in [1.82, 2.24) is 20.0 Å². The molecule has 4 aromatic carbocycles. The van der Waals surface area contributed by atoms with E-state index in [9.17, 15) is 43.5 Å². The van der Waals surface area contributed by atoms with Crippen molar-refractivity contribution in [3.63, 3.8) is 0 Å². The molecule has 4 aromatic rings. The summed E-state index contributed by atoms with van der Waals surface area (Å²) in [4.78, 5) is 112. The number of ketones is 2. The number of imide groups is 1. The molecule has 1 spiro atoms. The van der Waals surface area contributed by atoms with E-state index < -0.39 is 30.3 Å². The number of unbranched alkanes of at least 4 members (excludes halogenated alkanes) is 4. The van der Waals surface area contributed by atoms with Crippen molar-refractivity contribution >= 4 is 58.5 Å². The number of aliphatic hydroxyl groups is 1. The number of amides is 6. The molecule has 6 amide bonds. The number of nitrogens with zero attached hydrogens (tertiary/aromatic N) is 4. The van der Waals surface area contributed by atoms with E-state index in [1.165, 1.54) is 24.2 Å². The van der Waals surface area contributed by atoms with Crippen LogP contribution in [-0.4, -0.2) is 139 Å². The largest absolute Gasteiger partial charge is 0.497 e. The molecular weight excluding hydrogens is 1140 g/mol. The van der Waals surface area contributed by atoms with Gasteiger partial charge in [-0.15, -0.1) is 0 Å². The number of aliphatic hydroxyl groups excluding tert-OH is 1. The highest BCUT2D eigenvalue weighted by Crippen LogP contribution is 2.57. The smallest absolute Gasteiger partial charge is 0.416 e. The van der Waals surface area contributed by atoms with Crippen LogP contribution in [-0.2, 0) is 48.2 Å². The number of ether oxygens (including phenoxy) is 6. The Kier molecular flexibility index (Phi) is 19.9. The van der Waals surface area contributed by atoms with Gasteiger partial charge in [0.1, 0.15) is 18.1 Å². The van der Waals surface area contributed by atoms with Crippen LogP contribution in [0.3, 0.4) is 0 Å². The lowest BCUT2D eigenvalue weighted by atomic mass is 9.88. The van der Waals surface area contributed by atoms with Gasteiger partial charge < -0.3 is 48.6 Å². The fraction of sp³-hybridized carbons (Fsp3) is 0.478. The highest BCUT2D eigenvalue weighted by Gasteiger charge is 2.58. The van der Waals surface area contributed by atoms with Crippen molar-refractivity contribution in [2.24, 2.45) is 17.3 Å². The van der Waals surface area contributed by atoms with Crippen LogP contribution in [0.4, 0.5) is 10.5 Å². The summed E-state index contributed by atoms with van der Waals surface area (Å²) in [5.74, 6) is -0.132. The number of Topliss-reactive ketones (excluding diaryl/α,β-unsaturated/α-hetero) is 2. The van der Waals surface area contributed by atoms with Gasteiger partial charge in [0.05, 0.1) is 57.9 Å². The van der Waals surface area contributed by atoms with E-state index in [0.717, 1.165) is 59.5 Å². The molecule has 5 aliphatic heterocycles. The number of benzene rings is 4. The zero-order valence-electron chi connectivity index (χ0n) is 51.7. The summed E-state index contributed by atoms with van der Waals surface area (Å²) in [7, 11) is 4.68. The highest BCUT2D eigenvalue weighted by atomic mass is 16.6. The number of hydrogen-bond acceptors (Lipinski definition) is 15. The van der Waals surface area contributed by atoms with E-state index in [0.29, 0.717) is 98.6 Å². The van der Waals surface area contributed by atoms with Crippen molar-refractivity contribution < 1.29 is 71.9 Å². The average Bonchev–Trinajstić information content (AvgIpc) is 1.62. The Morgan fingerprint density at radius 3 is 2.03 bits per heavy atom. The number of aryl methyl sites for hydroxylation is 1. The maximum atomic E-state index is 14.4. The van der Waals surface area contributed by atoms with E-state index in [1.54, 1.807) is 68.5 Å². The molecule has 472 valence electrons. The number of hydrogen-bond donors (Lipinski definition) is 2. The standard InChI is InChI=1S/C69H81N5O15/c1-42(2)52(34-50(75)13-9-7-10-28-71-62(77)24-25-63(71)78)64(79)70-43(3)57(76)31-44-14-16-45(17-15-44)40-89-68(83)74-55-37-61(59(86-6)36-54(55)66(81)73-41-69(26-27-69)38-56(73)67(74)82)88-30-12-8-11-29-87-60-33-47-18-21-49-32-48(46-19-22-51(84-4)23-20-46)39-72(49)65(80)53(47)35-58(60)85-5/h14-17,19-20,22-25,33,35-37,39,42-43,49,52,56,67,82H,7-13,18,21,26-32,34,38,40-41H2,1-6H3,(H,70,79)/t43-,49+,52-,56-,67?/m0/s1. The third kappa shape index (κ3) is 14.5. The van der Waals surface area contributed by atoms with Gasteiger partial charge in [0.25, 0.3) is 23.6 Å². The first-order chi connectivity index (χ1) is 42.9. The summed E-state index contributed by atoms with van der Waals surface area (Å²) in [5.41, 5.74) is 5.16. The van der Waals surface area contributed by atoms with E-state index in [-0.39, 0.29) is 108 Å². The SMILES string of the molecule is COc1ccc(C2=CN3C(=O)c4cc(OC)c(OCCCCCOc5cc6c(cc5OC)C(=O)N5CC7(CC7)C[C@H]5C(O)N6C(=O)OCc5ccc(CC(=O)[C@H](C)NC(=O)[C@@H](CC(=O)CCCCCN6C(=O)C=CC6=O)C(C)C)cc5)cc4CC[C@@H]3C2)cc1. The maximum absolute atomic E-state index is 14.4. The van der Waals surface area contributed by atoms with Crippen LogP contribution in [0.25, 0.3) is 5.57 Å². The molecule has 1 unspecified atom stereocenters. The normalized spacial score (nSPS) is 19.4. The number of methoxy groups -OCH3 is 3. The Labute approximate surface area is 519 Å². The lowest BCUT2D eigenvalue weighted by Gasteiger charge is -2.31. The van der Waals surface area contributed by atoms with Crippen molar-refractivity contribution in [3.05, 3.63) is 125 Å². The van der Waals surface area contributed by atoms with Gasteiger partial charge in [0.15, 0.2) is 35.0 Å². The molecular formula is C69H81N5O15. The van der Waals surface area contributed by atoms with Crippen molar-refractivity contribution in [2.45, 2.75) is 148 Å². The zero-order valence-corrected chi connectivity index (χ0v) is 51.7. The summed E-state index contributed by atoms with van der Waals surface area (Å²) in [6, 6.07) is 20.2. The Hall–Kier alpha value is -8.52. The first-order valence-electron chi connectivity index (χ1n) is 31.2. The number of nitrogens with one attached hydrogen (secondary N) is 1. The highest BCUT2D eigenvalue weighted by molar-refractivity contribution is 6.13. The number of carbonyl (C=O) groups excluding carboxylic acids is 8. The summed E-state index contributed by atoms with van der Waals surface area (Å²) < 4.78 is 35.3. The molecule has 6 aliphatic rings. The predicted molar refractivity (Wildman–Crippen MR) is 330 cm³/mol. The molecule has 0 aromatic heterocycles. The molecule has 2 N–H and O–H groups in total. The van der Waals surface area contributed by atoms with Crippen LogP contribution in [0.15, 0.2) is 91.1 Å². The summed E-state index contributed by atoms with van der Waals surface area (Å²) in [6.07, 6.45) is 10.9. The third-order valence-electron chi connectivity index (χ3n) is 18.3. The molecule has 1 saturated heterocycles. The number of carbonyl (C=O) groups is 8. The molecule has 0 bridgehead atoms. The molecule has 2 fully saturated rings. The van der Waals surface area contributed by atoms with Crippen LogP contribution in [0.1, 0.15) is 147 Å². The van der Waals surface area contributed by atoms with Gasteiger partial charge in [-0.05, 0) is 147 Å². The molecule has 20 nitrogen and oxygen atoms in total. The third-order valence-corrected chi connectivity index (χ3v) is 18.3. The second-order valence-corrected chi connectivity index (χ2v) is 24.7. The van der Waals surface area contributed by atoms with E-state index in [4.69, 9.17) is 28.4 Å². The minimum Gasteiger partial charge on any atom is -0.497 e. The number of anilines is 1. The molecule has 0 radical (unpaired) electrons. The number of rotatable bonds is 28. The second-order valence-electron chi connectivity index (χ2n) is 24.7. The van der Waals surface area contributed by atoms with Gasteiger partial charge >= 0.3 is 6.09 Å². The fourth-order valence-corrected chi connectivity index (χ4v) is 12.7. The Bertz CT molecular complexity index is 3390. The molecule has 5 heterocycles. The lowest BCUT2D eigenvalue weighted by molar-refractivity contribution is -0.137. The Morgan fingerprint density at radius 1 is 0.730 bits per heavy atom. The Morgan fingerprint density at radius 2 is 1.38 bits per heavy atom. The van der Waals surface area contributed by atoms with Crippen LogP contribution in [0.5, 0.6) is 28.7 Å². The average molecular weight is 1220 g/mol. The molecule has 20 heteroatoms. The maximum Gasteiger partial charge on any atom is 0.416 e. The summed E-state index contributed by atoms with van der Waals surface area (Å²) >= 11 is 0. The van der Waals surface area contributed by atoms with Crippen LogP contribution in [0.2, 0.25) is 0 Å². The van der Waals surface area contributed by atoms with E-state index in [2.05, 4.69) is 5.32 Å². The van der Waals surface area contributed by atoms with Crippen LogP contribution < -0.4 is 33.9 Å². The molecule has 89 heavy (non-hydrogen) atoms.